The summed E-state index contributed by atoms with van der Waals surface area (Å²) in [6, 6.07) is 5.69. The number of hydrogen-bond acceptors (Lipinski definition) is 2. The molecule has 0 radical (unpaired) electrons. The standard InChI is InChI=1S/C14H21N3O/c1-8(2)11-7-13(11)17-14(18)16-12-6-10(15)5-4-9(12)3/h4-6,8,11,13H,7,15H2,1-3H3,(H2,16,17,18). The van der Waals surface area contributed by atoms with Crippen LogP contribution >= 0.6 is 0 Å². The van der Waals surface area contributed by atoms with Gasteiger partial charge in [0.2, 0.25) is 0 Å². The quantitative estimate of drug-likeness (QED) is 0.719. The Morgan fingerprint density at radius 2 is 2.17 bits per heavy atom. The lowest BCUT2D eigenvalue weighted by Crippen LogP contribution is -2.32. The van der Waals surface area contributed by atoms with Crippen LogP contribution in [-0.2, 0) is 0 Å². The van der Waals surface area contributed by atoms with E-state index in [2.05, 4.69) is 24.5 Å². The molecular weight excluding hydrogens is 226 g/mol. The molecule has 1 aliphatic rings. The van der Waals surface area contributed by atoms with Crippen LogP contribution in [-0.4, -0.2) is 12.1 Å². The molecule has 2 unspecified atom stereocenters. The molecule has 2 amide bonds. The van der Waals surface area contributed by atoms with Gasteiger partial charge in [0.15, 0.2) is 0 Å². The molecule has 0 heterocycles. The minimum Gasteiger partial charge on any atom is -0.399 e. The van der Waals surface area contributed by atoms with Crippen molar-refractivity contribution < 1.29 is 4.79 Å². The largest absolute Gasteiger partial charge is 0.399 e. The number of rotatable bonds is 3. The predicted molar refractivity (Wildman–Crippen MR) is 74.5 cm³/mol. The summed E-state index contributed by atoms with van der Waals surface area (Å²) in [5.74, 6) is 1.25. The molecular formula is C14H21N3O. The Hall–Kier alpha value is -1.71. The number of urea groups is 1. The summed E-state index contributed by atoms with van der Waals surface area (Å²) in [4.78, 5) is 11.8. The summed E-state index contributed by atoms with van der Waals surface area (Å²) in [6.07, 6.45) is 1.08. The van der Waals surface area contributed by atoms with Crippen LogP contribution in [0.5, 0.6) is 0 Å². The Kier molecular flexibility index (Phi) is 3.45. The highest BCUT2D eigenvalue weighted by atomic mass is 16.2. The first-order valence-corrected chi connectivity index (χ1v) is 6.41. The summed E-state index contributed by atoms with van der Waals surface area (Å²) in [6.45, 7) is 6.32. The zero-order valence-corrected chi connectivity index (χ0v) is 11.2. The van der Waals surface area contributed by atoms with Gasteiger partial charge in [-0.05, 0) is 42.9 Å². The van der Waals surface area contributed by atoms with Gasteiger partial charge in [0.1, 0.15) is 0 Å². The average molecular weight is 247 g/mol. The molecule has 1 fully saturated rings. The number of nitrogens with one attached hydrogen (secondary N) is 2. The third-order valence-corrected chi connectivity index (χ3v) is 3.52. The Morgan fingerprint density at radius 3 is 2.78 bits per heavy atom. The Labute approximate surface area is 108 Å². The highest BCUT2D eigenvalue weighted by molar-refractivity contribution is 5.91. The number of carbonyl (C=O) groups is 1. The smallest absolute Gasteiger partial charge is 0.319 e. The van der Waals surface area contributed by atoms with Crippen LogP contribution in [0, 0.1) is 18.8 Å². The monoisotopic (exact) mass is 247 g/mol. The van der Waals surface area contributed by atoms with Crippen molar-refractivity contribution in [2.24, 2.45) is 11.8 Å². The van der Waals surface area contributed by atoms with Gasteiger partial charge in [0.25, 0.3) is 0 Å². The lowest BCUT2D eigenvalue weighted by molar-refractivity contribution is 0.251. The summed E-state index contributed by atoms with van der Waals surface area (Å²) >= 11 is 0. The zero-order valence-electron chi connectivity index (χ0n) is 11.2. The molecule has 0 aliphatic heterocycles. The second-order valence-electron chi connectivity index (χ2n) is 5.42. The van der Waals surface area contributed by atoms with E-state index < -0.39 is 0 Å². The lowest BCUT2D eigenvalue weighted by atomic mass is 10.1. The van der Waals surface area contributed by atoms with Gasteiger partial charge in [-0.3, -0.25) is 0 Å². The first-order chi connectivity index (χ1) is 8.47. The molecule has 1 aliphatic carbocycles. The number of nitrogens with two attached hydrogens (primary N) is 1. The number of carbonyl (C=O) groups excluding carboxylic acids is 1. The van der Waals surface area contributed by atoms with Crippen molar-refractivity contribution >= 4 is 17.4 Å². The van der Waals surface area contributed by atoms with E-state index in [1.165, 1.54) is 0 Å². The van der Waals surface area contributed by atoms with E-state index in [0.717, 1.165) is 17.7 Å². The average Bonchev–Trinajstić information content (AvgIpc) is 3.02. The van der Waals surface area contributed by atoms with Crippen LogP contribution in [0.1, 0.15) is 25.8 Å². The second-order valence-corrected chi connectivity index (χ2v) is 5.42. The molecule has 0 saturated heterocycles. The van der Waals surface area contributed by atoms with Crippen molar-refractivity contribution in [2.75, 3.05) is 11.1 Å². The van der Waals surface area contributed by atoms with Crippen LogP contribution in [0.3, 0.4) is 0 Å². The van der Waals surface area contributed by atoms with E-state index in [-0.39, 0.29) is 6.03 Å². The molecule has 1 aromatic rings. The molecule has 4 nitrogen and oxygen atoms in total. The van der Waals surface area contributed by atoms with Gasteiger partial charge in [-0.15, -0.1) is 0 Å². The van der Waals surface area contributed by atoms with Crippen molar-refractivity contribution in [1.29, 1.82) is 0 Å². The summed E-state index contributed by atoms with van der Waals surface area (Å²) < 4.78 is 0. The fourth-order valence-electron chi connectivity index (χ4n) is 2.22. The van der Waals surface area contributed by atoms with Gasteiger partial charge in [-0.25, -0.2) is 4.79 Å². The molecule has 4 N–H and O–H groups in total. The molecule has 1 saturated carbocycles. The Morgan fingerprint density at radius 1 is 1.44 bits per heavy atom. The van der Waals surface area contributed by atoms with Gasteiger partial charge in [0.05, 0.1) is 0 Å². The van der Waals surface area contributed by atoms with Gasteiger partial charge in [0, 0.05) is 17.4 Å². The topological polar surface area (TPSA) is 67.1 Å². The van der Waals surface area contributed by atoms with Crippen LogP contribution in [0.25, 0.3) is 0 Å². The van der Waals surface area contributed by atoms with Crippen molar-refractivity contribution in [3.8, 4) is 0 Å². The third kappa shape index (κ3) is 2.94. The highest BCUT2D eigenvalue weighted by Gasteiger charge is 2.40. The van der Waals surface area contributed by atoms with E-state index in [4.69, 9.17) is 5.73 Å². The maximum absolute atomic E-state index is 11.8. The number of hydrogen-bond donors (Lipinski definition) is 3. The van der Waals surface area contributed by atoms with E-state index in [1.807, 2.05) is 19.1 Å². The maximum Gasteiger partial charge on any atom is 0.319 e. The molecule has 0 aromatic heterocycles. The van der Waals surface area contributed by atoms with Gasteiger partial charge in [-0.2, -0.15) is 0 Å². The van der Waals surface area contributed by atoms with E-state index in [0.29, 0.717) is 23.6 Å². The molecule has 0 spiro atoms. The Balaban J connectivity index is 1.90. The predicted octanol–water partition coefficient (Wildman–Crippen LogP) is 2.74. The molecule has 98 valence electrons. The summed E-state index contributed by atoms with van der Waals surface area (Å²) in [5, 5.41) is 5.84. The van der Waals surface area contributed by atoms with Crippen molar-refractivity contribution in [3.63, 3.8) is 0 Å². The minimum atomic E-state index is -0.142. The second kappa shape index (κ2) is 4.88. The summed E-state index contributed by atoms with van der Waals surface area (Å²) in [7, 11) is 0. The van der Waals surface area contributed by atoms with Crippen LogP contribution in [0.15, 0.2) is 18.2 Å². The fraction of sp³-hybridized carbons (Fsp3) is 0.500. The molecule has 0 bridgehead atoms. The number of amides is 2. The molecule has 2 rings (SSSR count). The van der Waals surface area contributed by atoms with Crippen LogP contribution in [0.2, 0.25) is 0 Å². The van der Waals surface area contributed by atoms with Gasteiger partial charge < -0.3 is 16.4 Å². The minimum absolute atomic E-state index is 0.142. The lowest BCUT2D eigenvalue weighted by Gasteiger charge is -2.11. The van der Waals surface area contributed by atoms with Gasteiger partial charge >= 0.3 is 6.03 Å². The molecule has 2 atom stereocenters. The van der Waals surface area contributed by atoms with Crippen molar-refractivity contribution in [3.05, 3.63) is 23.8 Å². The van der Waals surface area contributed by atoms with E-state index in [1.54, 1.807) is 6.07 Å². The fourth-order valence-corrected chi connectivity index (χ4v) is 2.22. The maximum atomic E-state index is 11.8. The number of aryl methyl sites for hydroxylation is 1. The normalized spacial score (nSPS) is 21.8. The van der Waals surface area contributed by atoms with Crippen LogP contribution in [0.4, 0.5) is 16.2 Å². The molecule has 4 heteroatoms. The van der Waals surface area contributed by atoms with E-state index in [9.17, 15) is 4.79 Å². The van der Waals surface area contributed by atoms with Gasteiger partial charge in [-0.1, -0.05) is 19.9 Å². The Bertz CT molecular complexity index is 456. The van der Waals surface area contributed by atoms with Crippen LogP contribution < -0.4 is 16.4 Å². The number of nitrogen functional groups attached to an aromatic ring is 1. The zero-order chi connectivity index (χ0) is 13.3. The number of anilines is 2. The number of benzene rings is 1. The summed E-state index contributed by atoms with van der Waals surface area (Å²) in [5.41, 5.74) is 8.14. The van der Waals surface area contributed by atoms with Crippen molar-refractivity contribution in [2.45, 2.75) is 33.2 Å². The SMILES string of the molecule is Cc1ccc(N)cc1NC(=O)NC1CC1C(C)C. The first kappa shape index (κ1) is 12.7. The highest BCUT2D eigenvalue weighted by Crippen LogP contribution is 2.37. The first-order valence-electron chi connectivity index (χ1n) is 6.41. The van der Waals surface area contributed by atoms with E-state index >= 15 is 0 Å². The molecule has 1 aromatic carbocycles. The van der Waals surface area contributed by atoms with Crippen molar-refractivity contribution in [1.82, 2.24) is 5.32 Å². The molecule has 18 heavy (non-hydrogen) atoms. The third-order valence-electron chi connectivity index (χ3n) is 3.52.